The van der Waals surface area contributed by atoms with E-state index < -0.39 is 5.91 Å². The fraction of sp³-hybridized carbons (Fsp3) is 0. The number of nitrogen functional groups attached to an aromatic ring is 1. The second-order valence-electron chi connectivity index (χ2n) is 4.12. The molecule has 1 amide bonds. The molecule has 0 atom stereocenters. The molecule has 0 saturated heterocycles. The molecule has 21 heavy (non-hydrogen) atoms. The van der Waals surface area contributed by atoms with Crippen LogP contribution in [0.3, 0.4) is 0 Å². The van der Waals surface area contributed by atoms with E-state index in [0.717, 1.165) is 4.47 Å². The summed E-state index contributed by atoms with van der Waals surface area (Å²) in [5, 5.41) is 2.72. The molecule has 0 radical (unpaired) electrons. The molecule has 0 unspecified atom stereocenters. The van der Waals surface area contributed by atoms with Crippen LogP contribution in [0.2, 0.25) is 5.15 Å². The summed E-state index contributed by atoms with van der Waals surface area (Å²) in [6.45, 7) is 0. The number of imidazole rings is 1. The molecular weight excluding hydrogens is 360 g/mol. The maximum atomic E-state index is 12.2. The second-order valence-corrected chi connectivity index (χ2v) is 5.40. The molecule has 106 valence electrons. The lowest BCUT2D eigenvalue weighted by atomic mass is 10.2. The normalized spacial score (nSPS) is 10.8. The summed E-state index contributed by atoms with van der Waals surface area (Å²) in [5.74, 6) is -0.372. The van der Waals surface area contributed by atoms with E-state index in [1.165, 1.54) is 6.33 Å². The zero-order valence-electron chi connectivity index (χ0n) is 10.4. The number of hydrogen-bond acceptors (Lipinski definition) is 5. The number of aromatic amines is 1. The molecule has 4 N–H and O–H groups in total. The quantitative estimate of drug-likeness (QED) is 0.476. The van der Waals surface area contributed by atoms with Crippen molar-refractivity contribution in [1.29, 1.82) is 0 Å². The average molecular weight is 368 g/mol. The van der Waals surface area contributed by atoms with Gasteiger partial charge in [-0.05, 0) is 18.2 Å². The lowest BCUT2D eigenvalue weighted by Gasteiger charge is -2.07. The Hall–Kier alpha value is -2.19. The molecule has 1 aromatic carbocycles. The van der Waals surface area contributed by atoms with Crippen LogP contribution in [0.4, 0.5) is 11.6 Å². The number of H-pyrrole nitrogens is 1. The standard InChI is InChI=1S/C12H8BrClN6O/c13-5-1-2-7(15)6(3-5)11(21)20-12-18-9(14)8-10(19-12)17-4-16-8/h1-4H,15H2,(H2,16,17,18,19,20,21). The number of rotatable bonds is 2. The van der Waals surface area contributed by atoms with Gasteiger partial charge < -0.3 is 10.7 Å². The molecule has 0 aliphatic heterocycles. The molecule has 0 aliphatic rings. The Morgan fingerprint density at radius 1 is 1.38 bits per heavy atom. The van der Waals surface area contributed by atoms with Crippen LogP contribution in [0.15, 0.2) is 29.0 Å². The van der Waals surface area contributed by atoms with Crippen LogP contribution in [0.5, 0.6) is 0 Å². The van der Waals surface area contributed by atoms with Crippen molar-refractivity contribution in [2.45, 2.75) is 0 Å². The van der Waals surface area contributed by atoms with Crippen molar-refractivity contribution in [2.24, 2.45) is 0 Å². The van der Waals surface area contributed by atoms with E-state index >= 15 is 0 Å². The molecule has 2 heterocycles. The number of carbonyl (C=O) groups excluding carboxylic acids is 1. The number of anilines is 2. The van der Waals surface area contributed by atoms with Crippen molar-refractivity contribution in [3.8, 4) is 0 Å². The number of hydrogen-bond donors (Lipinski definition) is 3. The molecule has 3 rings (SSSR count). The molecule has 0 saturated carbocycles. The molecule has 7 nitrogen and oxygen atoms in total. The SMILES string of the molecule is Nc1ccc(Br)cc1C(=O)Nc1nc(Cl)c2[nH]cnc2n1. The topological polar surface area (TPSA) is 110 Å². The van der Waals surface area contributed by atoms with Gasteiger partial charge in [-0.15, -0.1) is 0 Å². The molecular formula is C12H8BrClN6O. The molecule has 0 spiro atoms. The van der Waals surface area contributed by atoms with Gasteiger partial charge in [-0.1, -0.05) is 27.5 Å². The molecule has 3 aromatic rings. The third kappa shape index (κ3) is 2.67. The van der Waals surface area contributed by atoms with Gasteiger partial charge in [-0.3, -0.25) is 10.1 Å². The number of amides is 1. The van der Waals surface area contributed by atoms with E-state index in [-0.39, 0.29) is 11.1 Å². The summed E-state index contributed by atoms with van der Waals surface area (Å²) in [7, 11) is 0. The van der Waals surface area contributed by atoms with Gasteiger partial charge >= 0.3 is 0 Å². The predicted octanol–water partition coefficient (Wildman–Crippen LogP) is 2.60. The number of halogens is 2. The van der Waals surface area contributed by atoms with Crippen molar-refractivity contribution in [2.75, 3.05) is 11.1 Å². The van der Waals surface area contributed by atoms with E-state index in [2.05, 4.69) is 41.2 Å². The van der Waals surface area contributed by atoms with Crippen LogP contribution in [0.25, 0.3) is 11.2 Å². The van der Waals surface area contributed by atoms with E-state index in [1.807, 2.05) is 0 Å². The van der Waals surface area contributed by atoms with Gasteiger partial charge in [-0.2, -0.15) is 9.97 Å². The number of nitrogens with two attached hydrogens (primary N) is 1. The minimum Gasteiger partial charge on any atom is -0.398 e. The van der Waals surface area contributed by atoms with Gasteiger partial charge in [0.05, 0.1) is 11.9 Å². The lowest BCUT2D eigenvalue weighted by Crippen LogP contribution is -2.16. The Bertz CT molecular complexity index is 849. The van der Waals surface area contributed by atoms with Crippen LogP contribution < -0.4 is 11.1 Å². The number of benzene rings is 1. The maximum absolute atomic E-state index is 12.2. The van der Waals surface area contributed by atoms with Crippen LogP contribution in [0, 0.1) is 0 Å². The van der Waals surface area contributed by atoms with Gasteiger partial charge in [0.1, 0.15) is 5.52 Å². The van der Waals surface area contributed by atoms with Crippen molar-refractivity contribution < 1.29 is 4.79 Å². The molecule has 0 fully saturated rings. The Kier molecular flexibility index (Phi) is 3.48. The monoisotopic (exact) mass is 366 g/mol. The smallest absolute Gasteiger partial charge is 0.260 e. The van der Waals surface area contributed by atoms with E-state index in [0.29, 0.717) is 22.4 Å². The third-order valence-electron chi connectivity index (χ3n) is 2.73. The summed E-state index contributed by atoms with van der Waals surface area (Å²) in [6, 6.07) is 4.98. The highest BCUT2D eigenvalue weighted by atomic mass is 79.9. The van der Waals surface area contributed by atoms with Crippen LogP contribution in [-0.4, -0.2) is 25.8 Å². The highest BCUT2D eigenvalue weighted by molar-refractivity contribution is 9.10. The summed E-state index contributed by atoms with van der Waals surface area (Å²) in [6.07, 6.45) is 1.45. The summed E-state index contributed by atoms with van der Waals surface area (Å²) in [5.41, 5.74) is 7.32. The van der Waals surface area contributed by atoms with Gasteiger partial charge in [-0.25, -0.2) is 4.98 Å². The van der Waals surface area contributed by atoms with Gasteiger partial charge in [0.15, 0.2) is 10.8 Å². The summed E-state index contributed by atoms with van der Waals surface area (Å²) < 4.78 is 0.739. The Morgan fingerprint density at radius 2 is 2.19 bits per heavy atom. The Balaban J connectivity index is 1.94. The summed E-state index contributed by atoms with van der Waals surface area (Å²) >= 11 is 9.27. The average Bonchev–Trinajstić information content (AvgIpc) is 2.90. The van der Waals surface area contributed by atoms with E-state index in [4.69, 9.17) is 17.3 Å². The van der Waals surface area contributed by atoms with Crippen LogP contribution >= 0.6 is 27.5 Å². The van der Waals surface area contributed by atoms with Gasteiger partial charge in [0, 0.05) is 10.2 Å². The first-order chi connectivity index (χ1) is 10.0. The fourth-order valence-corrected chi connectivity index (χ4v) is 2.33. The summed E-state index contributed by atoms with van der Waals surface area (Å²) in [4.78, 5) is 27.1. The van der Waals surface area contributed by atoms with Crippen molar-refractivity contribution in [1.82, 2.24) is 19.9 Å². The Labute approximate surface area is 132 Å². The molecule has 9 heteroatoms. The number of fused-ring (bicyclic) bond motifs is 1. The predicted molar refractivity (Wildman–Crippen MR) is 83.2 cm³/mol. The Morgan fingerprint density at radius 3 is 3.00 bits per heavy atom. The van der Waals surface area contributed by atoms with Crippen molar-refractivity contribution >= 4 is 56.2 Å². The fourth-order valence-electron chi connectivity index (χ4n) is 1.75. The lowest BCUT2D eigenvalue weighted by molar-refractivity contribution is 0.102. The number of carbonyl (C=O) groups is 1. The largest absolute Gasteiger partial charge is 0.398 e. The second kappa shape index (κ2) is 5.30. The van der Waals surface area contributed by atoms with Crippen LogP contribution in [-0.2, 0) is 0 Å². The highest BCUT2D eigenvalue weighted by Crippen LogP contribution is 2.21. The van der Waals surface area contributed by atoms with Crippen LogP contribution in [0.1, 0.15) is 10.4 Å². The molecule has 2 aromatic heterocycles. The number of aromatic nitrogens is 4. The minimum absolute atomic E-state index is 0.0592. The first kappa shape index (κ1) is 13.8. The first-order valence-corrected chi connectivity index (χ1v) is 6.94. The minimum atomic E-state index is -0.431. The van der Waals surface area contributed by atoms with Gasteiger partial charge in [0.2, 0.25) is 5.95 Å². The zero-order valence-corrected chi connectivity index (χ0v) is 12.7. The number of nitrogens with zero attached hydrogens (tertiary/aromatic N) is 3. The van der Waals surface area contributed by atoms with Crippen molar-refractivity contribution in [3.05, 3.63) is 39.7 Å². The van der Waals surface area contributed by atoms with E-state index in [1.54, 1.807) is 18.2 Å². The zero-order chi connectivity index (χ0) is 15.0. The third-order valence-corrected chi connectivity index (χ3v) is 3.49. The maximum Gasteiger partial charge on any atom is 0.260 e. The van der Waals surface area contributed by atoms with Gasteiger partial charge in [0.25, 0.3) is 5.91 Å². The number of nitrogens with one attached hydrogen (secondary N) is 2. The molecule has 0 aliphatic carbocycles. The highest BCUT2D eigenvalue weighted by Gasteiger charge is 2.14. The van der Waals surface area contributed by atoms with Crippen molar-refractivity contribution in [3.63, 3.8) is 0 Å². The molecule has 0 bridgehead atoms. The first-order valence-electron chi connectivity index (χ1n) is 5.77. The van der Waals surface area contributed by atoms with E-state index in [9.17, 15) is 4.79 Å².